The topological polar surface area (TPSA) is 24.7 Å². The highest BCUT2D eigenvalue weighted by atomic mass is 15.3. The molecule has 3 aliphatic rings. The Hall–Kier alpha value is -0.660. The van der Waals surface area contributed by atoms with Gasteiger partial charge in [-0.3, -0.25) is 0 Å². The van der Waals surface area contributed by atoms with Crippen molar-refractivity contribution in [3.05, 3.63) is 12.2 Å². The maximum absolute atomic E-state index is 4.09. The van der Waals surface area contributed by atoms with Crippen LogP contribution in [0.5, 0.6) is 0 Å². The van der Waals surface area contributed by atoms with Gasteiger partial charge in [-0.2, -0.15) is 10.2 Å². The first-order chi connectivity index (χ1) is 4.45. The number of hydrogen-bond donors (Lipinski definition) is 0. The molecule has 0 saturated heterocycles. The Morgan fingerprint density at radius 2 is 1.56 bits per heavy atom. The van der Waals surface area contributed by atoms with Crippen LogP contribution in [0, 0.1) is 11.8 Å². The van der Waals surface area contributed by atoms with E-state index in [0.29, 0.717) is 12.1 Å². The van der Waals surface area contributed by atoms with Gasteiger partial charge >= 0.3 is 0 Å². The Labute approximate surface area is 53.7 Å². The Bertz CT molecular complexity index is 183. The highest BCUT2D eigenvalue weighted by Crippen LogP contribution is 2.47. The molecule has 0 aromatic rings. The van der Waals surface area contributed by atoms with E-state index in [-0.39, 0.29) is 0 Å². The van der Waals surface area contributed by atoms with Gasteiger partial charge in [-0.25, -0.2) is 0 Å². The lowest BCUT2D eigenvalue weighted by atomic mass is 9.95. The van der Waals surface area contributed by atoms with E-state index in [1.807, 2.05) is 0 Å². The van der Waals surface area contributed by atoms with Crippen LogP contribution in [-0.4, -0.2) is 12.1 Å². The van der Waals surface area contributed by atoms with E-state index >= 15 is 0 Å². The molecule has 0 spiro atoms. The summed E-state index contributed by atoms with van der Waals surface area (Å²) in [5.41, 5.74) is 0. The molecule has 2 heteroatoms. The van der Waals surface area contributed by atoms with E-state index in [1.54, 1.807) is 0 Å². The molecule has 0 amide bonds. The van der Waals surface area contributed by atoms with Gasteiger partial charge in [0, 0.05) is 11.8 Å². The molecule has 2 aliphatic carbocycles. The minimum absolute atomic E-state index is 0.597. The van der Waals surface area contributed by atoms with Crippen LogP contribution in [0.15, 0.2) is 22.4 Å². The van der Waals surface area contributed by atoms with Crippen molar-refractivity contribution < 1.29 is 0 Å². The van der Waals surface area contributed by atoms with Gasteiger partial charge in [-0.05, 0) is 6.42 Å². The van der Waals surface area contributed by atoms with E-state index in [4.69, 9.17) is 0 Å². The Morgan fingerprint density at radius 3 is 1.89 bits per heavy atom. The van der Waals surface area contributed by atoms with Crippen LogP contribution in [0.3, 0.4) is 0 Å². The zero-order valence-electron chi connectivity index (χ0n) is 5.07. The smallest absolute Gasteiger partial charge is 0.102 e. The van der Waals surface area contributed by atoms with E-state index in [9.17, 15) is 0 Å². The number of hydrogen-bond acceptors (Lipinski definition) is 2. The summed E-state index contributed by atoms with van der Waals surface area (Å²) in [7, 11) is 0. The van der Waals surface area contributed by atoms with Crippen LogP contribution in [0.4, 0.5) is 0 Å². The third kappa shape index (κ3) is 0.326. The lowest BCUT2D eigenvalue weighted by Gasteiger charge is -2.26. The number of rotatable bonds is 0. The molecular weight excluding hydrogens is 112 g/mol. The Kier molecular flexibility index (Phi) is 0.516. The lowest BCUT2D eigenvalue weighted by Crippen LogP contribution is -2.33. The summed E-state index contributed by atoms with van der Waals surface area (Å²) in [4.78, 5) is 0. The molecule has 4 atom stereocenters. The van der Waals surface area contributed by atoms with Gasteiger partial charge in [0.05, 0.1) is 0 Å². The van der Waals surface area contributed by atoms with E-state index in [2.05, 4.69) is 22.4 Å². The molecule has 0 N–H and O–H groups in total. The molecule has 0 radical (unpaired) electrons. The molecule has 0 aromatic heterocycles. The third-order valence-electron chi connectivity index (χ3n) is 2.71. The third-order valence-corrected chi connectivity index (χ3v) is 2.71. The molecule has 3 rings (SSSR count). The summed E-state index contributed by atoms with van der Waals surface area (Å²) in [6.07, 6.45) is 5.94. The predicted octanol–water partition coefficient (Wildman–Crippen LogP) is 1.40. The van der Waals surface area contributed by atoms with Crippen molar-refractivity contribution in [3.8, 4) is 0 Å². The molecular formula is C7H8N2. The second kappa shape index (κ2) is 1.11. The molecule has 9 heavy (non-hydrogen) atoms. The standard InChI is InChI=1S/C7H8N2/c1-2-5-3-4(1)6-7(5)9-8-6/h1-2,4-7H,3H2/t4-,5+,6-,7+. The van der Waals surface area contributed by atoms with Crippen LogP contribution in [0.2, 0.25) is 0 Å². The first-order valence-electron chi connectivity index (χ1n) is 3.53. The SMILES string of the molecule is C1=C[C@H]2C[C@@H]1[C@H]1N=N[C@H]12. The molecule has 0 unspecified atom stereocenters. The normalized spacial score (nSPS) is 57.8. The molecule has 2 bridgehead atoms. The molecule has 1 saturated carbocycles. The first-order valence-corrected chi connectivity index (χ1v) is 3.53. The largest absolute Gasteiger partial charge is 0.187 e. The number of azo groups is 1. The van der Waals surface area contributed by atoms with Crippen LogP contribution in [0.25, 0.3) is 0 Å². The zero-order chi connectivity index (χ0) is 5.84. The summed E-state index contributed by atoms with van der Waals surface area (Å²) in [5.74, 6) is 1.52. The van der Waals surface area contributed by atoms with Crippen molar-refractivity contribution in [2.24, 2.45) is 22.1 Å². The van der Waals surface area contributed by atoms with E-state index < -0.39 is 0 Å². The summed E-state index contributed by atoms with van der Waals surface area (Å²) in [6, 6.07) is 1.19. The second-order valence-electron chi connectivity index (χ2n) is 3.16. The molecule has 1 fully saturated rings. The van der Waals surface area contributed by atoms with Crippen molar-refractivity contribution >= 4 is 0 Å². The van der Waals surface area contributed by atoms with Crippen LogP contribution < -0.4 is 0 Å². The molecule has 46 valence electrons. The van der Waals surface area contributed by atoms with Crippen molar-refractivity contribution in [1.29, 1.82) is 0 Å². The monoisotopic (exact) mass is 120 g/mol. The maximum atomic E-state index is 4.09. The summed E-state index contributed by atoms with van der Waals surface area (Å²) in [5, 5.41) is 8.17. The van der Waals surface area contributed by atoms with Gasteiger partial charge in [-0.15, -0.1) is 0 Å². The Balaban J connectivity index is 2.10. The number of fused-ring (bicyclic) bond motifs is 5. The van der Waals surface area contributed by atoms with Crippen molar-refractivity contribution in [3.63, 3.8) is 0 Å². The minimum Gasteiger partial charge on any atom is -0.187 e. The van der Waals surface area contributed by atoms with E-state index in [0.717, 1.165) is 11.8 Å². The minimum atomic E-state index is 0.597. The zero-order valence-corrected chi connectivity index (χ0v) is 5.07. The molecule has 0 aromatic carbocycles. The van der Waals surface area contributed by atoms with Crippen molar-refractivity contribution in [2.75, 3.05) is 0 Å². The van der Waals surface area contributed by atoms with Gasteiger partial charge in [0.15, 0.2) is 0 Å². The lowest BCUT2D eigenvalue weighted by molar-refractivity contribution is 0.379. The van der Waals surface area contributed by atoms with Gasteiger partial charge < -0.3 is 0 Å². The fourth-order valence-electron chi connectivity index (χ4n) is 2.16. The quantitative estimate of drug-likeness (QED) is 0.432. The van der Waals surface area contributed by atoms with Crippen LogP contribution in [0.1, 0.15) is 6.42 Å². The number of nitrogens with zero attached hydrogens (tertiary/aromatic N) is 2. The molecule has 2 nitrogen and oxygen atoms in total. The summed E-state index contributed by atoms with van der Waals surface area (Å²) >= 11 is 0. The van der Waals surface area contributed by atoms with Crippen LogP contribution >= 0.6 is 0 Å². The van der Waals surface area contributed by atoms with Gasteiger partial charge in [0.2, 0.25) is 0 Å². The van der Waals surface area contributed by atoms with Gasteiger partial charge in [0.25, 0.3) is 0 Å². The summed E-state index contributed by atoms with van der Waals surface area (Å²) in [6.45, 7) is 0. The molecule has 1 heterocycles. The maximum Gasteiger partial charge on any atom is 0.102 e. The van der Waals surface area contributed by atoms with Crippen LogP contribution in [-0.2, 0) is 0 Å². The fraction of sp³-hybridized carbons (Fsp3) is 0.714. The van der Waals surface area contributed by atoms with Crippen molar-refractivity contribution in [1.82, 2.24) is 0 Å². The van der Waals surface area contributed by atoms with Gasteiger partial charge in [-0.1, -0.05) is 12.2 Å². The van der Waals surface area contributed by atoms with Crippen molar-refractivity contribution in [2.45, 2.75) is 18.5 Å². The fourth-order valence-corrected chi connectivity index (χ4v) is 2.16. The Morgan fingerprint density at radius 1 is 1.00 bits per heavy atom. The highest BCUT2D eigenvalue weighted by molar-refractivity contribution is 5.21. The van der Waals surface area contributed by atoms with E-state index in [1.165, 1.54) is 6.42 Å². The average Bonchev–Trinajstić information content (AvgIpc) is 2.18. The average molecular weight is 120 g/mol. The highest BCUT2D eigenvalue weighted by Gasteiger charge is 2.49. The first kappa shape index (κ1) is 4.20. The predicted molar refractivity (Wildman–Crippen MR) is 33.2 cm³/mol. The van der Waals surface area contributed by atoms with Gasteiger partial charge in [0.1, 0.15) is 12.1 Å². The summed E-state index contributed by atoms with van der Waals surface area (Å²) < 4.78 is 0. The molecule has 1 aliphatic heterocycles. The second-order valence-corrected chi connectivity index (χ2v) is 3.16.